The van der Waals surface area contributed by atoms with Gasteiger partial charge in [0.05, 0.1) is 13.2 Å². The third kappa shape index (κ3) is 5.75. The minimum atomic E-state index is -4.39. The Kier molecular flexibility index (Phi) is 6.20. The predicted molar refractivity (Wildman–Crippen MR) is 74.0 cm³/mol. The van der Waals surface area contributed by atoms with Gasteiger partial charge in [-0.15, -0.1) is 0 Å². The third-order valence-electron chi connectivity index (χ3n) is 2.97. The molecule has 0 fully saturated rings. The van der Waals surface area contributed by atoms with Gasteiger partial charge in [0.15, 0.2) is 0 Å². The lowest BCUT2D eigenvalue weighted by Gasteiger charge is -2.19. The van der Waals surface area contributed by atoms with Gasteiger partial charge in [-0.25, -0.2) is 4.79 Å². The summed E-state index contributed by atoms with van der Waals surface area (Å²) in [5.41, 5.74) is 1.51. The molecule has 1 unspecified atom stereocenters. The molecule has 0 aliphatic heterocycles. The number of ether oxygens (including phenoxy) is 1. The number of halogens is 3. The van der Waals surface area contributed by atoms with Gasteiger partial charge in [0.2, 0.25) is 0 Å². The maximum Gasteiger partial charge on any atom is 0.401 e. The maximum atomic E-state index is 12.3. The number of esters is 1. The SMILES string of the molecule is CCOC(=O)C(NCC(F)(F)F)c1ccc(C(C)C)cc1. The number of alkyl halides is 3. The standard InChI is InChI=1S/C15H20F3NO2/c1-4-21-14(20)13(19-9-15(16,17)18)12-7-5-11(6-8-12)10(2)3/h5-8,10,13,19H,4,9H2,1-3H3. The number of benzene rings is 1. The third-order valence-corrected chi connectivity index (χ3v) is 2.97. The molecule has 1 N–H and O–H groups in total. The fourth-order valence-corrected chi connectivity index (χ4v) is 1.85. The van der Waals surface area contributed by atoms with Gasteiger partial charge < -0.3 is 4.74 Å². The molecule has 6 heteroatoms. The van der Waals surface area contributed by atoms with Crippen molar-refractivity contribution < 1.29 is 22.7 Å². The number of carbonyl (C=O) groups is 1. The van der Waals surface area contributed by atoms with Crippen molar-refractivity contribution in [2.75, 3.05) is 13.2 Å². The second kappa shape index (κ2) is 7.45. The van der Waals surface area contributed by atoms with E-state index in [1.54, 1.807) is 19.1 Å². The lowest BCUT2D eigenvalue weighted by Crippen LogP contribution is -2.36. The molecular weight excluding hydrogens is 283 g/mol. The largest absolute Gasteiger partial charge is 0.465 e. The van der Waals surface area contributed by atoms with E-state index < -0.39 is 24.7 Å². The Morgan fingerprint density at radius 2 is 1.71 bits per heavy atom. The Hall–Kier alpha value is -1.56. The topological polar surface area (TPSA) is 38.3 Å². The minimum absolute atomic E-state index is 0.118. The molecule has 0 amide bonds. The van der Waals surface area contributed by atoms with Crippen LogP contribution >= 0.6 is 0 Å². The molecule has 21 heavy (non-hydrogen) atoms. The second-order valence-corrected chi connectivity index (χ2v) is 5.00. The quantitative estimate of drug-likeness (QED) is 0.817. The summed E-state index contributed by atoms with van der Waals surface area (Å²) in [7, 11) is 0. The molecule has 0 aliphatic rings. The maximum absolute atomic E-state index is 12.3. The predicted octanol–water partition coefficient (Wildman–Crippen LogP) is 3.57. The Balaban J connectivity index is 2.91. The van der Waals surface area contributed by atoms with Crippen LogP contribution in [-0.4, -0.2) is 25.3 Å². The summed E-state index contributed by atoms with van der Waals surface area (Å²) in [4.78, 5) is 11.8. The molecule has 1 aromatic rings. The zero-order chi connectivity index (χ0) is 16.0. The summed E-state index contributed by atoms with van der Waals surface area (Å²) in [5.74, 6) is -0.401. The van der Waals surface area contributed by atoms with E-state index in [-0.39, 0.29) is 6.61 Å². The molecule has 0 radical (unpaired) electrons. The van der Waals surface area contributed by atoms with Crippen LogP contribution in [0, 0.1) is 0 Å². The first-order valence-electron chi connectivity index (χ1n) is 6.81. The summed E-state index contributed by atoms with van der Waals surface area (Å²) < 4.78 is 41.8. The van der Waals surface area contributed by atoms with E-state index >= 15 is 0 Å². The van der Waals surface area contributed by atoms with E-state index in [1.807, 2.05) is 26.0 Å². The van der Waals surface area contributed by atoms with Crippen LogP contribution in [0.5, 0.6) is 0 Å². The summed E-state index contributed by atoms with van der Waals surface area (Å²) in [6.45, 7) is 4.51. The van der Waals surface area contributed by atoms with Gasteiger partial charge in [-0.1, -0.05) is 38.1 Å². The van der Waals surface area contributed by atoms with E-state index in [0.717, 1.165) is 5.56 Å². The van der Waals surface area contributed by atoms with Crippen LogP contribution in [0.2, 0.25) is 0 Å². The van der Waals surface area contributed by atoms with Gasteiger partial charge in [0, 0.05) is 0 Å². The second-order valence-electron chi connectivity index (χ2n) is 5.00. The van der Waals surface area contributed by atoms with Crippen molar-refractivity contribution in [2.24, 2.45) is 0 Å². The van der Waals surface area contributed by atoms with Crippen molar-refractivity contribution in [3.05, 3.63) is 35.4 Å². The molecule has 1 rings (SSSR count). The monoisotopic (exact) mass is 303 g/mol. The number of hydrogen-bond donors (Lipinski definition) is 1. The van der Waals surface area contributed by atoms with E-state index in [0.29, 0.717) is 11.5 Å². The molecular formula is C15H20F3NO2. The lowest BCUT2D eigenvalue weighted by molar-refractivity contribution is -0.149. The van der Waals surface area contributed by atoms with Crippen molar-refractivity contribution in [1.82, 2.24) is 5.32 Å². The van der Waals surface area contributed by atoms with Crippen LogP contribution in [-0.2, 0) is 9.53 Å². The summed E-state index contributed by atoms with van der Waals surface area (Å²) >= 11 is 0. The van der Waals surface area contributed by atoms with Gasteiger partial charge in [0.1, 0.15) is 6.04 Å². The Morgan fingerprint density at radius 3 is 2.14 bits per heavy atom. The number of carbonyl (C=O) groups excluding carboxylic acids is 1. The highest BCUT2D eigenvalue weighted by Gasteiger charge is 2.31. The number of rotatable bonds is 6. The highest BCUT2D eigenvalue weighted by atomic mass is 19.4. The van der Waals surface area contributed by atoms with Crippen LogP contribution < -0.4 is 5.32 Å². The Morgan fingerprint density at radius 1 is 1.19 bits per heavy atom. The molecule has 0 heterocycles. The first-order valence-corrected chi connectivity index (χ1v) is 6.81. The van der Waals surface area contributed by atoms with Crippen LogP contribution in [0.25, 0.3) is 0 Å². The molecule has 0 saturated carbocycles. The summed E-state index contributed by atoms with van der Waals surface area (Å²) in [6, 6.07) is 5.80. The Bertz CT molecular complexity index is 455. The van der Waals surface area contributed by atoms with Crippen LogP contribution in [0.1, 0.15) is 43.9 Å². The van der Waals surface area contributed by atoms with Crippen LogP contribution in [0.4, 0.5) is 13.2 Å². The average molecular weight is 303 g/mol. The van der Waals surface area contributed by atoms with E-state index in [4.69, 9.17) is 4.74 Å². The molecule has 0 aliphatic carbocycles. The van der Waals surface area contributed by atoms with E-state index in [9.17, 15) is 18.0 Å². The summed E-state index contributed by atoms with van der Waals surface area (Å²) in [6.07, 6.45) is -4.39. The average Bonchev–Trinajstić information content (AvgIpc) is 2.38. The zero-order valence-corrected chi connectivity index (χ0v) is 12.3. The molecule has 0 spiro atoms. The molecule has 3 nitrogen and oxygen atoms in total. The zero-order valence-electron chi connectivity index (χ0n) is 12.3. The van der Waals surface area contributed by atoms with Crippen molar-refractivity contribution >= 4 is 5.97 Å². The van der Waals surface area contributed by atoms with Gasteiger partial charge in [-0.2, -0.15) is 13.2 Å². The number of hydrogen-bond acceptors (Lipinski definition) is 3. The summed E-state index contributed by atoms with van der Waals surface area (Å²) in [5, 5.41) is 2.21. The molecule has 1 aromatic carbocycles. The first kappa shape index (κ1) is 17.5. The smallest absolute Gasteiger partial charge is 0.401 e. The highest BCUT2D eigenvalue weighted by Crippen LogP contribution is 2.21. The lowest BCUT2D eigenvalue weighted by atomic mass is 9.99. The van der Waals surface area contributed by atoms with Crippen LogP contribution in [0.15, 0.2) is 24.3 Å². The fraction of sp³-hybridized carbons (Fsp3) is 0.533. The van der Waals surface area contributed by atoms with Crippen molar-refractivity contribution in [2.45, 2.75) is 38.9 Å². The van der Waals surface area contributed by atoms with E-state index in [1.165, 1.54) is 0 Å². The van der Waals surface area contributed by atoms with Gasteiger partial charge in [0.25, 0.3) is 0 Å². The molecule has 0 saturated heterocycles. The first-order chi connectivity index (χ1) is 9.74. The molecule has 1 atom stereocenters. The molecule has 0 bridgehead atoms. The van der Waals surface area contributed by atoms with Gasteiger partial charge >= 0.3 is 12.1 Å². The molecule has 118 valence electrons. The molecule has 0 aromatic heterocycles. The highest BCUT2D eigenvalue weighted by molar-refractivity contribution is 5.77. The Labute approximate surface area is 122 Å². The number of nitrogens with one attached hydrogen (secondary N) is 1. The fourth-order valence-electron chi connectivity index (χ4n) is 1.85. The van der Waals surface area contributed by atoms with Gasteiger partial charge in [-0.05, 0) is 24.0 Å². The van der Waals surface area contributed by atoms with E-state index in [2.05, 4.69) is 5.32 Å². The van der Waals surface area contributed by atoms with Crippen molar-refractivity contribution in [1.29, 1.82) is 0 Å². The minimum Gasteiger partial charge on any atom is -0.465 e. The normalized spacial score (nSPS) is 13.3. The van der Waals surface area contributed by atoms with Crippen LogP contribution in [0.3, 0.4) is 0 Å². The van der Waals surface area contributed by atoms with Gasteiger partial charge in [-0.3, -0.25) is 5.32 Å². The van der Waals surface area contributed by atoms with Crippen molar-refractivity contribution in [3.63, 3.8) is 0 Å². The van der Waals surface area contributed by atoms with Crippen molar-refractivity contribution in [3.8, 4) is 0 Å².